The molecule has 1 N–H and O–H groups in total. The Morgan fingerprint density at radius 2 is 2.18 bits per heavy atom. The number of rotatable bonds is 5. The van der Waals surface area contributed by atoms with Gasteiger partial charge in [0.15, 0.2) is 0 Å². The van der Waals surface area contributed by atoms with Crippen molar-refractivity contribution in [3.05, 3.63) is 35.9 Å². The molecule has 0 aliphatic heterocycles. The number of hydrogen-bond acceptors (Lipinski definition) is 2. The first-order valence-corrected chi connectivity index (χ1v) is 6.40. The lowest BCUT2D eigenvalue weighted by Crippen LogP contribution is -2.22. The fourth-order valence-electron chi connectivity index (χ4n) is 2.00. The summed E-state index contributed by atoms with van der Waals surface area (Å²) >= 11 is 0. The minimum Gasteiger partial charge on any atom is -0.309 e. The summed E-state index contributed by atoms with van der Waals surface area (Å²) in [5, 5.41) is 3.43. The zero-order valence-corrected chi connectivity index (χ0v) is 10.9. The molecule has 0 unspecified atom stereocenters. The second kappa shape index (κ2) is 5.32. The minimum atomic E-state index is 0.491. The Morgan fingerprint density at radius 1 is 1.35 bits per heavy atom. The summed E-state index contributed by atoms with van der Waals surface area (Å²) in [6.07, 6.45) is 4.27. The number of nitrogens with zero attached hydrogens (tertiary/aromatic N) is 2. The molecular formula is C14H21N3. The molecule has 92 valence electrons. The van der Waals surface area contributed by atoms with Gasteiger partial charge in [-0.15, -0.1) is 0 Å². The van der Waals surface area contributed by atoms with E-state index in [4.69, 9.17) is 4.98 Å². The molecule has 3 nitrogen and oxygen atoms in total. The van der Waals surface area contributed by atoms with Crippen molar-refractivity contribution in [2.24, 2.45) is 0 Å². The standard InChI is InChI=1S/C14H21N3/c1-4-7-14-16-12(10-15-11(2)3)13-8-5-6-9-17(13)14/h5-6,8-9,11,15H,4,7,10H2,1-3H3. The van der Waals surface area contributed by atoms with E-state index in [1.807, 2.05) is 0 Å². The normalized spacial score (nSPS) is 11.5. The summed E-state index contributed by atoms with van der Waals surface area (Å²) in [7, 11) is 0. The molecule has 0 saturated carbocycles. The molecule has 2 aromatic rings. The first-order chi connectivity index (χ1) is 8.22. The van der Waals surface area contributed by atoms with Gasteiger partial charge in [-0.3, -0.25) is 0 Å². The van der Waals surface area contributed by atoms with Gasteiger partial charge in [0.05, 0.1) is 11.2 Å². The number of pyridine rings is 1. The Bertz CT molecular complexity index is 485. The smallest absolute Gasteiger partial charge is 0.113 e. The highest BCUT2D eigenvalue weighted by molar-refractivity contribution is 5.53. The molecule has 0 aliphatic rings. The molecule has 2 heterocycles. The number of hydrogen-bond donors (Lipinski definition) is 1. The predicted molar refractivity (Wildman–Crippen MR) is 71.2 cm³/mol. The minimum absolute atomic E-state index is 0.491. The average Bonchev–Trinajstić information content (AvgIpc) is 2.66. The lowest BCUT2D eigenvalue weighted by Gasteiger charge is -2.05. The summed E-state index contributed by atoms with van der Waals surface area (Å²) < 4.78 is 2.21. The van der Waals surface area contributed by atoms with Gasteiger partial charge >= 0.3 is 0 Å². The van der Waals surface area contributed by atoms with Crippen molar-refractivity contribution < 1.29 is 0 Å². The number of imidazole rings is 1. The van der Waals surface area contributed by atoms with Crippen LogP contribution in [0.15, 0.2) is 24.4 Å². The summed E-state index contributed by atoms with van der Waals surface area (Å²) in [6.45, 7) is 7.35. The summed E-state index contributed by atoms with van der Waals surface area (Å²) in [4.78, 5) is 4.75. The second-order valence-corrected chi connectivity index (χ2v) is 4.72. The first kappa shape index (κ1) is 12.1. The number of aryl methyl sites for hydroxylation is 1. The van der Waals surface area contributed by atoms with Crippen LogP contribution in [0, 0.1) is 0 Å². The van der Waals surface area contributed by atoms with Gasteiger partial charge in [-0.1, -0.05) is 26.8 Å². The van der Waals surface area contributed by atoms with E-state index in [-0.39, 0.29) is 0 Å². The first-order valence-electron chi connectivity index (χ1n) is 6.40. The molecule has 0 atom stereocenters. The molecule has 0 aromatic carbocycles. The fraction of sp³-hybridized carbons (Fsp3) is 0.500. The summed E-state index contributed by atoms with van der Waals surface area (Å²) in [5.74, 6) is 1.17. The zero-order valence-electron chi connectivity index (χ0n) is 10.9. The number of fused-ring (bicyclic) bond motifs is 1. The average molecular weight is 231 g/mol. The topological polar surface area (TPSA) is 29.3 Å². The predicted octanol–water partition coefficient (Wildman–Crippen LogP) is 2.78. The molecule has 0 bridgehead atoms. The largest absolute Gasteiger partial charge is 0.309 e. The lowest BCUT2D eigenvalue weighted by atomic mass is 10.3. The van der Waals surface area contributed by atoms with Crippen LogP contribution in [-0.2, 0) is 13.0 Å². The van der Waals surface area contributed by atoms with Crippen molar-refractivity contribution in [1.29, 1.82) is 0 Å². The third kappa shape index (κ3) is 2.67. The Balaban J connectivity index is 2.34. The highest BCUT2D eigenvalue weighted by Crippen LogP contribution is 2.14. The van der Waals surface area contributed by atoms with Gasteiger partial charge in [-0.05, 0) is 18.6 Å². The zero-order chi connectivity index (χ0) is 12.3. The maximum Gasteiger partial charge on any atom is 0.113 e. The van der Waals surface area contributed by atoms with Crippen LogP contribution in [0.25, 0.3) is 5.52 Å². The van der Waals surface area contributed by atoms with Gasteiger partial charge in [0.1, 0.15) is 5.82 Å². The van der Waals surface area contributed by atoms with Crippen LogP contribution in [0.5, 0.6) is 0 Å². The van der Waals surface area contributed by atoms with E-state index < -0.39 is 0 Å². The van der Waals surface area contributed by atoms with E-state index in [1.54, 1.807) is 0 Å². The quantitative estimate of drug-likeness (QED) is 0.857. The van der Waals surface area contributed by atoms with Crippen molar-refractivity contribution in [2.75, 3.05) is 0 Å². The van der Waals surface area contributed by atoms with Gasteiger partial charge in [-0.25, -0.2) is 4.98 Å². The highest BCUT2D eigenvalue weighted by Gasteiger charge is 2.09. The molecule has 2 aromatic heterocycles. The summed E-state index contributed by atoms with van der Waals surface area (Å²) in [6, 6.07) is 6.77. The van der Waals surface area contributed by atoms with Crippen molar-refractivity contribution >= 4 is 5.52 Å². The van der Waals surface area contributed by atoms with Crippen LogP contribution in [0.1, 0.15) is 38.7 Å². The van der Waals surface area contributed by atoms with Gasteiger partial charge in [0.2, 0.25) is 0 Å². The molecular weight excluding hydrogens is 210 g/mol. The molecule has 3 heteroatoms. The number of aromatic nitrogens is 2. The van der Waals surface area contributed by atoms with Crippen LogP contribution in [0.3, 0.4) is 0 Å². The highest BCUT2D eigenvalue weighted by atomic mass is 15.0. The maximum atomic E-state index is 4.75. The van der Waals surface area contributed by atoms with Gasteiger partial charge in [-0.2, -0.15) is 0 Å². The Labute approximate surface area is 103 Å². The van der Waals surface area contributed by atoms with Crippen LogP contribution in [0.2, 0.25) is 0 Å². The van der Waals surface area contributed by atoms with Gasteiger partial charge in [0, 0.05) is 25.2 Å². The molecule has 2 rings (SSSR count). The van der Waals surface area contributed by atoms with Crippen LogP contribution < -0.4 is 5.32 Å². The molecule has 0 aliphatic carbocycles. The van der Waals surface area contributed by atoms with Crippen molar-refractivity contribution in [2.45, 2.75) is 46.2 Å². The Kier molecular flexibility index (Phi) is 3.79. The Hall–Kier alpha value is -1.35. The molecule has 0 amide bonds. The SMILES string of the molecule is CCCc1nc(CNC(C)C)c2ccccn12. The van der Waals surface area contributed by atoms with Crippen LogP contribution in [0.4, 0.5) is 0 Å². The van der Waals surface area contributed by atoms with E-state index in [1.165, 1.54) is 11.3 Å². The van der Waals surface area contributed by atoms with Crippen LogP contribution >= 0.6 is 0 Å². The van der Waals surface area contributed by atoms with Gasteiger partial charge in [0.25, 0.3) is 0 Å². The fourth-order valence-corrected chi connectivity index (χ4v) is 2.00. The summed E-state index contributed by atoms with van der Waals surface area (Å²) in [5.41, 5.74) is 2.38. The molecule has 0 radical (unpaired) electrons. The van der Waals surface area contributed by atoms with E-state index in [0.29, 0.717) is 6.04 Å². The van der Waals surface area contributed by atoms with Gasteiger partial charge < -0.3 is 9.72 Å². The third-order valence-electron chi connectivity index (χ3n) is 2.85. The molecule has 17 heavy (non-hydrogen) atoms. The Morgan fingerprint density at radius 3 is 2.88 bits per heavy atom. The monoisotopic (exact) mass is 231 g/mol. The van der Waals surface area contributed by atoms with E-state index in [2.05, 4.69) is 54.9 Å². The van der Waals surface area contributed by atoms with Crippen molar-refractivity contribution in [3.63, 3.8) is 0 Å². The van der Waals surface area contributed by atoms with Crippen LogP contribution in [-0.4, -0.2) is 15.4 Å². The molecule has 0 fully saturated rings. The van der Waals surface area contributed by atoms with E-state index in [0.717, 1.165) is 25.1 Å². The molecule has 0 spiro atoms. The maximum absolute atomic E-state index is 4.75. The lowest BCUT2D eigenvalue weighted by molar-refractivity contribution is 0.584. The third-order valence-corrected chi connectivity index (χ3v) is 2.85. The van der Waals surface area contributed by atoms with Crippen molar-refractivity contribution in [3.8, 4) is 0 Å². The van der Waals surface area contributed by atoms with E-state index in [9.17, 15) is 0 Å². The van der Waals surface area contributed by atoms with E-state index >= 15 is 0 Å². The number of nitrogens with one attached hydrogen (secondary N) is 1. The van der Waals surface area contributed by atoms with Crippen molar-refractivity contribution in [1.82, 2.24) is 14.7 Å². The second-order valence-electron chi connectivity index (χ2n) is 4.72. The molecule has 0 saturated heterocycles.